The Morgan fingerprint density at radius 3 is 2.65 bits per heavy atom. The molecule has 0 unspecified atom stereocenters. The molecule has 5 heteroatoms. The van der Waals surface area contributed by atoms with Crippen molar-refractivity contribution in [3.63, 3.8) is 0 Å². The van der Waals surface area contributed by atoms with Crippen LogP contribution in [0.25, 0.3) is 0 Å². The van der Waals surface area contributed by atoms with Crippen molar-refractivity contribution in [1.82, 2.24) is 4.98 Å². The molecule has 0 atom stereocenters. The smallest absolute Gasteiger partial charge is 0.344 e. The Bertz CT molecular complexity index is 603. The van der Waals surface area contributed by atoms with Crippen LogP contribution < -0.4 is 4.74 Å². The number of carbonyl (C=O) groups excluding carboxylic acids is 1. The Morgan fingerprint density at radius 2 is 2.00 bits per heavy atom. The van der Waals surface area contributed by atoms with Crippen molar-refractivity contribution in [2.24, 2.45) is 0 Å². The minimum atomic E-state index is -0.472. The molecule has 0 spiro atoms. The zero-order valence-electron chi connectivity index (χ0n) is 10.7. The highest BCUT2D eigenvalue weighted by atomic mass is 16.6. The van der Waals surface area contributed by atoms with Crippen molar-refractivity contribution in [2.75, 3.05) is 6.61 Å². The van der Waals surface area contributed by atoms with Crippen LogP contribution in [0.2, 0.25) is 0 Å². The van der Waals surface area contributed by atoms with Crippen LogP contribution >= 0.6 is 0 Å². The molecule has 100 valence electrons. The third kappa shape index (κ3) is 4.10. The third-order valence-corrected chi connectivity index (χ3v) is 2.45. The standard InChI is InChI=1S/C15H12N2O3/c16-9-12-4-6-14(7-5-12)19-11-15(18)20-10-13-3-1-2-8-17-13/h1-8H,10-11H2. The summed E-state index contributed by atoms with van der Waals surface area (Å²) in [5, 5.41) is 8.65. The van der Waals surface area contributed by atoms with Gasteiger partial charge in [0.05, 0.1) is 17.3 Å². The molecule has 1 aromatic heterocycles. The number of aromatic nitrogens is 1. The highest BCUT2D eigenvalue weighted by Crippen LogP contribution is 2.11. The van der Waals surface area contributed by atoms with Crippen LogP contribution in [0.1, 0.15) is 11.3 Å². The molecule has 0 N–H and O–H groups in total. The normalized spacial score (nSPS) is 9.55. The summed E-state index contributed by atoms with van der Waals surface area (Å²) >= 11 is 0. The van der Waals surface area contributed by atoms with E-state index >= 15 is 0 Å². The number of nitrogens with zero attached hydrogens (tertiary/aromatic N) is 2. The predicted molar refractivity (Wildman–Crippen MR) is 70.7 cm³/mol. The lowest BCUT2D eigenvalue weighted by atomic mass is 10.2. The van der Waals surface area contributed by atoms with Gasteiger partial charge in [-0.3, -0.25) is 4.98 Å². The zero-order valence-corrected chi connectivity index (χ0v) is 10.7. The van der Waals surface area contributed by atoms with Crippen LogP contribution in [0.3, 0.4) is 0 Å². The van der Waals surface area contributed by atoms with Crippen molar-refractivity contribution >= 4 is 5.97 Å². The van der Waals surface area contributed by atoms with Crippen LogP contribution in [0.5, 0.6) is 5.75 Å². The second kappa shape index (κ2) is 6.90. The predicted octanol–water partition coefficient (Wildman–Crippen LogP) is 2.08. The second-order valence-corrected chi connectivity index (χ2v) is 3.91. The Morgan fingerprint density at radius 1 is 1.20 bits per heavy atom. The summed E-state index contributed by atoms with van der Waals surface area (Å²) in [5.41, 5.74) is 1.22. The summed E-state index contributed by atoms with van der Waals surface area (Å²) in [7, 11) is 0. The van der Waals surface area contributed by atoms with E-state index in [1.807, 2.05) is 12.1 Å². The zero-order chi connectivity index (χ0) is 14.2. The average Bonchev–Trinajstić information content (AvgIpc) is 2.52. The van der Waals surface area contributed by atoms with Gasteiger partial charge in [0, 0.05) is 6.20 Å². The molecule has 0 radical (unpaired) electrons. The monoisotopic (exact) mass is 268 g/mol. The topological polar surface area (TPSA) is 72.2 Å². The van der Waals surface area contributed by atoms with E-state index < -0.39 is 5.97 Å². The quantitative estimate of drug-likeness (QED) is 0.776. The number of hydrogen-bond donors (Lipinski definition) is 0. The van der Waals surface area contributed by atoms with Crippen LogP contribution in [0, 0.1) is 11.3 Å². The summed E-state index contributed by atoms with van der Waals surface area (Å²) in [5.74, 6) is 0.0406. The first kappa shape index (κ1) is 13.6. The number of hydrogen-bond acceptors (Lipinski definition) is 5. The molecule has 5 nitrogen and oxygen atoms in total. The van der Waals surface area contributed by atoms with E-state index in [0.717, 1.165) is 0 Å². The Hall–Kier alpha value is -2.87. The molecule has 0 fully saturated rings. The van der Waals surface area contributed by atoms with E-state index in [2.05, 4.69) is 4.98 Å². The first-order chi connectivity index (χ1) is 9.78. The fourth-order valence-electron chi connectivity index (χ4n) is 1.45. The van der Waals surface area contributed by atoms with Crippen LogP contribution in [0.15, 0.2) is 48.7 Å². The van der Waals surface area contributed by atoms with E-state index in [0.29, 0.717) is 17.0 Å². The van der Waals surface area contributed by atoms with E-state index in [1.165, 1.54) is 0 Å². The molecule has 20 heavy (non-hydrogen) atoms. The second-order valence-electron chi connectivity index (χ2n) is 3.91. The van der Waals surface area contributed by atoms with Crippen LogP contribution in [-0.4, -0.2) is 17.6 Å². The Balaban J connectivity index is 1.76. The van der Waals surface area contributed by atoms with E-state index in [4.69, 9.17) is 14.7 Å². The maximum absolute atomic E-state index is 11.5. The molecule has 2 aromatic rings. The van der Waals surface area contributed by atoms with Gasteiger partial charge in [-0.15, -0.1) is 0 Å². The van der Waals surface area contributed by atoms with Crippen LogP contribution in [0.4, 0.5) is 0 Å². The minimum absolute atomic E-state index is 0.121. The van der Waals surface area contributed by atoms with Crippen molar-refractivity contribution in [3.8, 4) is 11.8 Å². The third-order valence-electron chi connectivity index (χ3n) is 2.45. The van der Waals surface area contributed by atoms with Gasteiger partial charge in [0.1, 0.15) is 12.4 Å². The SMILES string of the molecule is N#Cc1ccc(OCC(=O)OCc2ccccn2)cc1. The van der Waals surface area contributed by atoms with Gasteiger partial charge in [-0.05, 0) is 36.4 Å². The fraction of sp³-hybridized carbons (Fsp3) is 0.133. The molecule has 0 saturated heterocycles. The summed E-state index contributed by atoms with van der Waals surface area (Å²) in [6.45, 7) is -0.0604. The molecular formula is C15H12N2O3. The number of pyridine rings is 1. The lowest BCUT2D eigenvalue weighted by molar-refractivity contribution is -0.147. The van der Waals surface area contributed by atoms with Crippen LogP contribution in [-0.2, 0) is 16.1 Å². The van der Waals surface area contributed by atoms with E-state index in [1.54, 1.807) is 42.6 Å². The number of benzene rings is 1. The first-order valence-electron chi connectivity index (χ1n) is 5.96. The highest BCUT2D eigenvalue weighted by molar-refractivity contribution is 5.71. The Kier molecular flexibility index (Phi) is 4.68. The number of nitriles is 1. The summed E-state index contributed by atoms with van der Waals surface area (Å²) < 4.78 is 10.3. The van der Waals surface area contributed by atoms with Gasteiger partial charge < -0.3 is 9.47 Å². The largest absolute Gasteiger partial charge is 0.482 e. The van der Waals surface area contributed by atoms with Gasteiger partial charge in [-0.2, -0.15) is 5.26 Å². The van der Waals surface area contributed by atoms with Crippen molar-refractivity contribution < 1.29 is 14.3 Å². The van der Waals surface area contributed by atoms with E-state index in [-0.39, 0.29) is 13.2 Å². The van der Waals surface area contributed by atoms with Gasteiger partial charge in [-0.1, -0.05) is 6.07 Å². The number of rotatable bonds is 5. The first-order valence-corrected chi connectivity index (χ1v) is 5.96. The molecule has 1 heterocycles. The number of carbonyl (C=O) groups is 1. The molecule has 0 saturated carbocycles. The molecular weight excluding hydrogens is 256 g/mol. The van der Waals surface area contributed by atoms with Gasteiger partial charge >= 0.3 is 5.97 Å². The molecule has 1 aromatic carbocycles. The summed E-state index contributed by atoms with van der Waals surface area (Å²) in [6, 6.07) is 13.9. The van der Waals surface area contributed by atoms with Crippen molar-refractivity contribution in [2.45, 2.75) is 6.61 Å². The molecule has 0 aliphatic rings. The van der Waals surface area contributed by atoms with Crippen molar-refractivity contribution in [1.29, 1.82) is 5.26 Å². The van der Waals surface area contributed by atoms with Crippen molar-refractivity contribution in [3.05, 3.63) is 59.9 Å². The van der Waals surface area contributed by atoms with Gasteiger partial charge in [-0.25, -0.2) is 4.79 Å². The van der Waals surface area contributed by atoms with E-state index in [9.17, 15) is 4.79 Å². The minimum Gasteiger partial charge on any atom is -0.482 e. The average molecular weight is 268 g/mol. The maximum Gasteiger partial charge on any atom is 0.344 e. The van der Waals surface area contributed by atoms with Gasteiger partial charge in [0.25, 0.3) is 0 Å². The molecule has 0 bridgehead atoms. The summed E-state index contributed by atoms with van der Waals surface area (Å²) in [6.07, 6.45) is 1.64. The fourth-order valence-corrected chi connectivity index (χ4v) is 1.45. The molecule has 2 rings (SSSR count). The number of esters is 1. The lowest BCUT2D eigenvalue weighted by Crippen LogP contribution is -2.15. The molecule has 0 aliphatic heterocycles. The van der Waals surface area contributed by atoms with Gasteiger partial charge in [0.2, 0.25) is 0 Å². The molecule has 0 amide bonds. The van der Waals surface area contributed by atoms with Gasteiger partial charge in [0.15, 0.2) is 6.61 Å². The number of ether oxygens (including phenoxy) is 2. The summed E-state index contributed by atoms with van der Waals surface area (Å²) in [4.78, 5) is 15.5. The Labute approximate surface area is 116 Å². The lowest BCUT2D eigenvalue weighted by Gasteiger charge is -2.06. The molecule has 0 aliphatic carbocycles. The highest BCUT2D eigenvalue weighted by Gasteiger charge is 2.05. The maximum atomic E-state index is 11.5.